The van der Waals surface area contributed by atoms with Gasteiger partial charge in [0.1, 0.15) is 23.9 Å². The summed E-state index contributed by atoms with van der Waals surface area (Å²) >= 11 is 0. The highest BCUT2D eigenvalue weighted by molar-refractivity contribution is 5.91. The summed E-state index contributed by atoms with van der Waals surface area (Å²) in [6, 6.07) is 5.20. The van der Waals surface area contributed by atoms with Gasteiger partial charge < -0.3 is 25.4 Å². The summed E-state index contributed by atoms with van der Waals surface area (Å²) in [5, 5.41) is 16.0. The Morgan fingerprint density at radius 2 is 1.71 bits per heavy atom. The molecule has 1 aromatic carbocycles. The van der Waals surface area contributed by atoms with Crippen LogP contribution in [-0.2, 0) is 14.3 Å². The fraction of sp³-hybridized carbons (Fsp3) is 0.654. The standard InChI is InChI=1S/C26H43N3O5/c1-8-9-16-27-24(32)23(20-12-10-11-13-21(20)30)29(19(4)15-14-18(2)3)22(31)17-28-25(33)34-26(5,6)7/h10-13,18-19,23,30H,8-9,14-17H2,1-7H3,(H,27,32)(H,28,33). The maximum absolute atomic E-state index is 13.5. The Bertz CT molecular complexity index is 804. The summed E-state index contributed by atoms with van der Waals surface area (Å²) in [4.78, 5) is 40.4. The van der Waals surface area contributed by atoms with Crippen molar-refractivity contribution < 1.29 is 24.2 Å². The third-order valence-electron chi connectivity index (χ3n) is 5.29. The zero-order chi connectivity index (χ0) is 25.9. The summed E-state index contributed by atoms with van der Waals surface area (Å²) in [7, 11) is 0. The molecule has 0 heterocycles. The van der Waals surface area contributed by atoms with E-state index < -0.39 is 23.6 Å². The van der Waals surface area contributed by atoms with E-state index >= 15 is 0 Å². The van der Waals surface area contributed by atoms with Gasteiger partial charge in [-0.05, 0) is 58.9 Å². The minimum atomic E-state index is -1.03. The number of ether oxygens (including phenoxy) is 1. The number of alkyl carbamates (subject to hydrolysis) is 1. The number of rotatable bonds is 12. The molecule has 8 nitrogen and oxygen atoms in total. The van der Waals surface area contributed by atoms with Crippen molar-refractivity contribution in [3.63, 3.8) is 0 Å². The SMILES string of the molecule is CCCCNC(=O)C(c1ccccc1O)N(C(=O)CNC(=O)OC(C)(C)C)C(C)CCC(C)C. The molecule has 192 valence electrons. The van der Waals surface area contributed by atoms with Crippen LogP contribution in [-0.4, -0.2) is 52.6 Å². The Balaban J connectivity index is 3.30. The van der Waals surface area contributed by atoms with Crippen LogP contribution in [0.2, 0.25) is 0 Å². The maximum Gasteiger partial charge on any atom is 0.408 e. The van der Waals surface area contributed by atoms with E-state index in [0.29, 0.717) is 24.4 Å². The number of carbonyl (C=O) groups is 3. The molecular formula is C26H43N3O5. The zero-order valence-corrected chi connectivity index (χ0v) is 21.8. The maximum atomic E-state index is 13.5. The van der Waals surface area contributed by atoms with Gasteiger partial charge in [-0.1, -0.05) is 45.4 Å². The number of carbonyl (C=O) groups excluding carboxylic acids is 3. The molecule has 34 heavy (non-hydrogen) atoms. The molecule has 0 saturated carbocycles. The number of para-hydroxylation sites is 1. The van der Waals surface area contributed by atoms with E-state index in [-0.39, 0.29) is 24.2 Å². The molecule has 1 rings (SSSR count). The first-order valence-corrected chi connectivity index (χ1v) is 12.2. The smallest absolute Gasteiger partial charge is 0.408 e. The highest BCUT2D eigenvalue weighted by atomic mass is 16.6. The van der Waals surface area contributed by atoms with Crippen LogP contribution in [0.3, 0.4) is 0 Å². The molecule has 3 amide bonds. The number of nitrogens with one attached hydrogen (secondary N) is 2. The number of benzene rings is 1. The van der Waals surface area contributed by atoms with E-state index in [9.17, 15) is 19.5 Å². The number of aromatic hydroxyl groups is 1. The molecule has 2 atom stereocenters. The lowest BCUT2D eigenvalue weighted by Gasteiger charge is -2.37. The Morgan fingerprint density at radius 3 is 2.26 bits per heavy atom. The molecule has 0 bridgehead atoms. The average molecular weight is 478 g/mol. The van der Waals surface area contributed by atoms with Gasteiger partial charge in [-0.15, -0.1) is 0 Å². The number of nitrogens with zero attached hydrogens (tertiary/aromatic N) is 1. The van der Waals surface area contributed by atoms with Crippen LogP contribution in [0, 0.1) is 5.92 Å². The van der Waals surface area contributed by atoms with E-state index in [1.165, 1.54) is 11.0 Å². The predicted molar refractivity (Wildman–Crippen MR) is 133 cm³/mol. The Kier molecular flexibility index (Phi) is 11.9. The van der Waals surface area contributed by atoms with Crippen molar-refractivity contribution >= 4 is 17.9 Å². The monoisotopic (exact) mass is 477 g/mol. The van der Waals surface area contributed by atoms with Crippen molar-refractivity contribution in [2.45, 2.75) is 91.8 Å². The minimum Gasteiger partial charge on any atom is -0.508 e. The van der Waals surface area contributed by atoms with E-state index in [1.807, 2.05) is 13.8 Å². The number of hydrogen-bond donors (Lipinski definition) is 3. The van der Waals surface area contributed by atoms with Crippen LogP contribution < -0.4 is 10.6 Å². The average Bonchev–Trinajstić information content (AvgIpc) is 2.73. The molecule has 0 fully saturated rings. The Hall–Kier alpha value is -2.77. The van der Waals surface area contributed by atoms with Crippen LogP contribution in [0.15, 0.2) is 24.3 Å². The highest BCUT2D eigenvalue weighted by Crippen LogP contribution is 2.31. The second-order valence-electron chi connectivity index (χ2n) is 10.1. The van der Waals surface area contributed by atoms with E-state index in [2.05, 4.69) is 24.5 Å². The number of phenolic OH excluding ortho intramolecular Hbond substituents is 1. The summed E-state index contributed by atoms with van der Waals surface area (Å²) in [6.45, 7) is 13.5. The van der Waals surface area contributed by atoms with Gasteiger partial charge >= 0.3 is 6.09 Å². The van der Waals surface area contributed by atoms with Crippen molar-refractivity contribution in [2.75, 3.05) is 13.1 Å². The highest BCUT2D eigenvalue weighted by Gasteiger charge is 2.36. The van der Waals surface area contributed by atoms with E-state index in [0.717, 1.165) is 19.3 Å². The lowest BCUT2D eigenvalue weighted by Crippen LogP contribution is -2.51. The predicted octanol–water partition coefficient (Wildman–Crippen LogP) is 4.53. The molecule has 2 unspecified atom stereocenters. The molecule has 0 aliphatic carbocycles. The fourth-order valence-electron chi connectivity index (χ4n) is 3.53. The minimum absolute atomic E-state index is 0.0629. The van der Waals surface area contributed by atoms with Crippen LogP contribution in [0.25, 0.3) is 0 Å². The first kappa shape index (κ1) is 29.3. The van der Waals surface area contributed by atoms with Gasteiger partial charge in [-0.2, -0.15) is 0 Å². The summed E-state index contributed by atoms with van der Waals surface area (Å²) < 4.78 is 5.24. The molecule has 0 spiro atoms. The molecule has 0 aliphatic heterocycles. The summed E-state index contributed by atoms with van der Waals surface area (Å²) in [6.07, 6.45) is 2.53. The first-order chi connectivity index (χ1) is 15.9. The van der Waals surface area contributed by atoms with Crippen molar-refractivity contribution in [1.29, 1.82) is 0 Å². The van der Waals surface area contributed by atoms with Crippen LogP contribution >= 0.6 is 0 Å². The van der Waals surface area contributed by atoms with Crippen molar-refractivity contribution in [3.05, 3.63) is 29.8 Å². The third kappa shape index (κ3) is 10.0. The number of hydrogen-bond acceptors (Lipinski definition) is 5. The summed E-state index contributed by atoms with van der Waals surface area (Å²) in [5.74, 6) is -0.439. The van der Waals surface area contributed by atoms with Crippen LogP contribution in [0.4, 0.5) is 4.79 Å². The molecule has 8 heteroatoms. The molecule has 0 saturated heterocycles. The largest absolute Gasteiger partial charge is 0.508 e. The molecular weight excluding hydrogens is 434 g/mol. The Morgan fingerprint density at radius 1 is 1.06 bits per heavy atom. The Labute approximate surface area is 204 Å². The molecule has 0 aromatic heterocycles. The topological polar surface area (TPSA) is 108 Å². The van der Waals surface area contributed by atoms with E-state index in [1.54, 1.807) is 39.0 Å². The number of phenols is 1. The van der Waals surface area contributed by atoms with Gasteiger partial charge in [0.15, 0.2) is 0 Å². The van der Waals surface area contributed by atoms with Crippen molar-refractivity contribution in [3.8, 4) is 5.75 Å². The molecule has 3 N–H and O–H groups in total. The van der Waals surface area contributed by atoms with Crippen molar-refractivity contribution in [1.82, 2.24) is 15.5 Å². The van der Waals surface area contributed by atoms with Gasteiger partial charge in [-0.3, -0.25) is 9.59 Å². The van der Waals surface area contributed by atoms with Crippen LogP contribution in [0.5, 0.6) is 5.75 Å². The second kappa shape index (κ2) is 13.8. The quantitative estimate of drug-likeness (QED) is 0.383. The lowest BCUT2D eigenvalue weighted by atomic mass is 9.97. The fourth-order valence-corrected chi connectivity index (χ4v) is 3.53. The van der Waals surface area contributed by atoms with Gasteiger partial charge in [0, 0.05) is 18.2 Å². The number of amides is 3. The first-order valence-electron chi connectivity index (χ1n) is 12.2. The van der Waals surface area contributed by atoms with Gasteiger partial charge in [-0.25, -0.2) is 4.79 Å². The van der Waals surface area contributed by atoms with Crippen LogP contribution in [0.1, 0.15) is 85.8 Å². The summed E-state index contributed by atoms with van der Waals surface area (Å²) in [5.41, 5.74) is -0.354. The van der Waals surface area contributed by atoms with Crippen molar-refractivity contribution in [2.24, 2.45) is 5.92 Å². The van der Waals surface area contributed by atoms with Gasteiger partial charge in [0.05, 0.1) is 0 Å². The zero-order valence-electron chi connectivity index (χ0n) is 21.8. The molecule has 1 aromatic rings. The third-order valence-corrected chi connectivity index (χ3v) is 5.29. The number of unbranched alkanes of at least 4 members (excludes halogenated alkanes) is 1. The van der Waals surface area contributed by atoms with Gasteiger partial charge in [0.2, 0.25) is 11.8 Å². The van der Waals surface area contributed by atoms with E-state index in [4.69, 9.17) is 4.74 Å². The normalized spacial score (nSPS) is 13.2. The molecule has 0 radical (unpaired) electrons. The molecule has 0 aliphatic rings. The lowest BCUT2D eigenvalue weighted by molar-refractivity contribution is -0.142. The van der Waals surface area contributed by atoms with Gasteiger partial charge in [0.25, 0.3) is 0 Å². The second-order valence-corrected chi connectivity index (χ2v) is 10.1.